The highest BCUT2D eigenvalue weighted by atomic mass is 16.7. The van der Waals surface area contributed by atoms with Gasteiger partial charge in [-0.2, -0.15) is 0 Å². The van der Waals surface area contributed by atoms with Gasteiger partial charge in [-0.3, -0.25) is 0 Å². The Hall–Kier alpha value is -3.51. The summed E-state index contributed by atoms with van der Waals surface area (Å²) < 4.78 is 18.7. The maximum absolute atomic E-state index is 5.58. The van der Waals surface area contributed by atoms with Crippen LogP contribution in [0.3, 0.4) is 0 Å². The summed E-state index contributed by atoms with van der Waals surface area (Å²) in [4.78, 5) is 5.00. The lowest BCUT2D eigenvalue weighted by Gasteiger charge is -2.13. The van der Waals surface area contributed by atoms with Gasteiger partial charge < -0.3 is 23.9 Å². The Morgan fingerprint density at radius 1 is 1.06 bits per heavy atom. The van der Waals surface area contributed by atoms with Gasteiger partial charge in [0.25, 0.3) is 0 Å². The zero-order valence-corrected chi connectivity index (χ0v) is 19.1. The van der Waals surface area contributed by atoms with Crippen molar-refractivity contribution >= 4 is 5.52 Å². The number of fused-ring (bicyclic) bond motifs is 2. The van der Waals surface area contributed by atoms with Crippen molar-refractivity contribution in [1.82, 2.24) is 14.7 Å². The number of para-hydroxylation sites is 1. The maximum Gasteiger partial charge on any atom is 0.231 e. The molecule has 33 heavy (non-hydrogen) atoms. The molecule has 6 nitrogen and oxygen atoms in total. The van der Waals surface area contributed by atoms with E-state index < -0.39 is 0 Å². The molecule has 0 spiro atoms. The van der Waals surface area contributed by atoms with Crippen LogP contribution in [-0.4, -0.2) is 36.4 Å². The van der Waals surface area contributed by atoms with Crippen molar-refractivity contribution in [1.29, 1.82) is 0 Å². The van der Waals surface area contributed by atoms with Crippen LogP contribution < -0.4 is 19.5 Å². The molecule has 1 atom stereocenters. The maximum atomic E-state index is 5.58. The molecule has 1 N–H and O–H groups in total. The number of aromatic nitrogens is 2. The first-order chi connectivity index (χ1) is 16.2. The molecular weight excluding hydrogens is 414 g/mol. The molecule has 1 aliphatic rings. The van der Waals surface area contributed by atoms with E-state index in [1.54, 1.807) is 7.11 Å². The van der Waals surface area contributed by atoms with Crippen LogP contribution in [0.25, 0.3) is 16.8 Å². The first-order valence-electron chi connectivity index (χ1n) is 11.4. The van der Waals surface area contributed by atoms with E-state index in [9.17, 15) is 0 Å². The Labute approximate surface area is 194 Å². The first-order valence-corrected chi connectivity index (χ1v) is 11.4. The van der Waals surface area contributed by atoms with Crippen LogP contribution in [0.1, 0.15) is 18.3 Å². The molecule has 2 aromatic carbocycles. The zero-order valence-electron chi connectivity index (χ0n) is 19.1. The van der Waals surface area contributed by atoms with Crippen molar-refractivity contribution in [3.63, 3.8) is 0 Å². The highest BCUT2D eigenvalue weighted by Crippen LogP contribution is 2.34. The van der Waals surface area contributed by atoms with Crippen LogP contribution >= 0.6 is 0 Å². The number of ether oxygens (including phenoxy) is 3. The number of nitrogens with one attached hydrogen (secondary N) is 1. The molecule has 3 heterocycles. The predicted molar refractivity (Wildman–Crippen MR) is 129 cm³/mol. The van der Waals surface area contributed by atoms with Gasteiger partial charge in [-0.1, -0.05) is 31.2 Å². The summed E-state index contributed by atoms with van der Waals surface area (Å²) in [5.41, 5.74) is 4.34. The Morgan fingerprint density at radius 2 is 1.91 bits per heavy atom. The molecule has 0 aliphatic carbocycles. The lowest BCUT2D eigenvalue weighted by Crippen LogP contribution is -2.25. The summed E-state index contributed by atoms with van der Waals surface area (Å²) in [5, 5.41) is 3.61. The van der Waals surface area contributed by atoms with Crippen LogP contribution in [0, 0.1) is 5.92 Å². The molecule has 0 radical (unpaired) electrons. The Bertz CT molecular complexity index is 1250. The highest BCUT2D eigenvalue weighted by Gasteiger charge is 2.16. The van der Waals surface area contributed by atoms with Gasteiger partial charge in [0, 0.05) is 24.7 Å². The van der Waals surface area contributed by atoms with Gasteiger partial charge in [0.15, 0.2) is 11.5 Å². The average molecular weight is 444 g/mol. The molecule has 4 aromatic rings. The Morgan fingerprint density at radius 3 is 2.82 bits per heavy atom. The number of hydrogen-bond donors (Lipinski definition) is 1. The minimum atomic E-state index is 0.317. The lowest BCUT2D eigenvalue weighted by molar-refractivity contribution is 0.174. The van der Waals surface area contributed by atoms with Crippen molar-refractivity contribution in [3.8, 4) is 28.5 Å². The van der Waals surface area contributed by atoms with Crippen molar-refractivity contribution in [2.24, 2.45) is 5.92 Å². The number of rotatable bonds is 9. The van der Waals surface area contributed by atoms with Crippen LogP contribution in [0.4, 0.5) is 0 Å². The lowest BCUT2D eigenvalue weighted by atomic mass is 10.0. The molecule has 5 rings (SSSR count). The predicted octanol–water partition coefficient (Wildman–Crippen LogP) is 4.75. The van der Waals surface area contributed by atoms with Crippen molar-refractivity contribution in [2.75, 3.05) is 27.0 Å². The van der Waals surface area contributed by atoms with E-state index in [1.165, 1.54) is 5.56 Å². The molecule has 0 saturated carbocycles. The number of hydrogen-bond acceptors (Lipinski definition) is 5. The van der Waals surface area contributed by atoms with Gasteiger partial charge in [0.2, 0.25) is 6.79 Å². The van der Waals surface area contributed by atoms with Gasteiger partial charge in [-0.25, -0.2) is 4.98 Å². The van der Waals surface area contributed by atoms with Crippen molar-refractivity contribution in [3.05, 3.63) is 78.2 Å². The monoisotopic (exact) mass is 443 g/mol. The van der Waals surface area contributed by atoms with Gasteiger partial charge >= 0.3 is 0 Å². The van der Waals surface area contributed by atoms with Gasteiger partial charge in [-0.05, 0) is 60.8 Å². The number of benzene rings is 2. The highest BCUT2D eigenvalue weighted by molar-refractivity contribution is 5.81. The second kappa shape index (κ2) is 9.55. The van der Waals surface area contributed by atoms with E-state index in [0.717, 1.165) is 65.8 Å². The number of methoxy groups -OCH3 is 1. The molecule has 0 bridgehead atoms. The molecule has 6 heteroatoms. The summed E-state index contributed by atoms with van der Waals surface area (Å²) in [6.45, 7) is 4.39. The van der Waals surface area contributed by atoms with E-state index in [0.29, 0.717) is 12.7 Å². The fourth-order valence-corrected chi connectivity index (χ4v) is 4.41. The number of pyridine rings is 1. The van der Waals surface area contributed by atoms with E-state index in [4.69, 9.17) is 19.2 Å². The molecule has 0 saturated heterocycles. The van der Waals surface area contributed by atoms with Gasteiger partial charge in [0.1, 0.15) is 17.3 Å². The van der Waals surface area contributed by atoms with Gasteiger partial charge in [-0.15, -0.1) is 0 Å². The average Bonchev–Trinajstić information content (AvgIpc) is 3.46. The smallest absolute Gasteiger partial charge is 0.231 e. The third kappa shape index (κ3) is 4.52. The topological polar surface area (TPSA) is 57.0 Å². The third-order valence-corrected chi connectivity index (χ3v) is 6.02. The number of imidazole rings is 1. The summed E-state index contributed by atoms with van der Waals surface area (Å²) in [7, 11) is 1.70. The third-order valence-electron chi connectivity index (χ3n) is 6.02. The normalized spacial score (nSPS) is 13.4. The second-order valence-electron chi connectivity index (χ2n) is 8.48. The number of nitrogens with zero attached hydrogens (tertiary/aromatic N) is 2. The minimum Gasteiger partial charge on any atom is -0.496 e. The Balaban J connectivity index is 1.22. The van der Waals surface area contributed by atoms with E-state index >= 15 is 0 Å². The zero-order chi connectivity index (χ0) is 22.6. The SMILES string of the molecule is COc1ccccc1-c1nc(CCNCC(C)Cc2ccc3c(c2)OCO3)n2ccccc12. The largest absolute Gasteiger partial charge is 0.496 e. The summed E-state index contributed by atoms with van der Waals surface area (Å²) >= 11 is 0. The van der Waals surface area contributed by atoms with Crippen LogP contribution in [-0.2, 0) is 12.8 Å². The molecule has 2 aromatic heterocycles. The minimum absolute atomic E-state index is 0.317. The van der Waals surface area contributed by atoms with Crippen LogP contribution in [0.5, 0.6) is 17.2 Å². The molecule has 1 unspecified atom stereocenters. The van der Waals surface area contributed by atoms with Crippen LogP contribution in [0.2, 0.25) is 0 Å². The molecule has 0 amide bonds. The summed E-state index contributed by atoms with van der Waals surface area (Å²) in [6.07, 6.45) is 3.92. The second-order valence-corrected chi connectivity index (χ2v) is 8.48. The fraction of sp³-hybridized carbons (Fsp3) is 0.296. The molecule has 1 aliphatic heterocycles. The van der Waals surface area contributed by atoms with Crippen molar-refractivity contribution in [2.45, 2.75) is 19.8 Å². The fourth-order valence-electron chi connectivity index (χ4n) is 4.41. The Kier molecular flexibility index (Phi) is 6.17. The van der Waals surface area contributed by atoms with Crippen LogP contribution in [0.15, 0.2) is 66.9 Å². The summed E-state index contributed by atoms with van der Waals surface area (Å²) in [6, 6.07) is 20.5. The molecule has 170 valence electrons. The van der Waals surface area contributed by atoms with Gasteiger partial charge in [0.05, 0.1) is 12.6 Å². The standard InChI is InChI=1S/C27H29N3O3/c1-19(15-20-10-11-24-25(16-20)33-18-32-24)17-28-13-12-26-29-27(22-8-5-6-14-30(22)26)21-7-3-4-9-23(21)31-2/h3-11,14,16,19,28H,12-13,15,17-18H2,1-2H3. The van der Waals surface area contributed by atoms with E-state index in [-0.39, 0.29) is 0 Å². The van der Waals surface area contributed by atoms with E-state index in [2.05, 4.69) is 53.2 Å². The van der Waals surface area contributed by atoms with E-state index in [1.807, 2.05) is 30.3 Å². The van der Waals surface area contributed by atoms with Crippen molar-refractivity contribution < 1.29 is 14.2 Å². The first kappa shape index (κ1) is 21.3. The molecule has 0 fully saturated rings. The summed E-state index contributed by atoms with van der Waals surface area (Å²) in [5.74, 6) is 4.07. The molecular formula is C27H29N3O3. The quantitative estimate of drug-likeness (QED) is 0.379.